The Morgan fingerprint density at radius 2 is 1.85 bits per heavy atom. The number of aromatic nitrogens is 2. The molecule has 0 unspecified atom stereocenters. The Hall–Kier alpha value is -2.66. The van der Waals surface area contributed by atoms with E-state index in [1.165, 1.54) is 5.52 Å². The summed E-state index contributed by atoms with van der Waals surface area (Å²) in [5.74, 6) is 1.59. The number of benzene rings is 2. The molecule has 0 saturated carbocycles. The highest BCUT2D eigenvalue weighted by molar-refractivity contribution is 5.97. The van der Waals surface area contributed by atoms with Gasteiger partial charge in [-0.15, -0.1) is 0 Å². The number of piperidine rings is 1. The maximum absolute atomic E-state index is 12.5. The molecule has 1 aliphatic rings. The van der Waals surface area contributed by atoms with E-state index < -0.39 is 0 Å². The van der Waals surface area contributed by atoms with E-state index in [2.05, 4.69) is 32.7 Å². The molecule has 0 aliphatic carbocycles. The van der Waals surface area contributed by atoms with Crippen molar-refractivity contribution >= 4 is 16.8 Å². The Labute approximate surface area is 159 Å². The minimum Gasteiger partial charge on any atom is -0.497 e. The molecule has 5 heteroatoms. The van der Waals surface area contributed by atoms with Crippen molar-refractivity contribution in [1.82, 2.24) is 14.5 Å². The number of nitrogens with zero attached hydrogens (tertiary/aromatic N) is 3. The maximum Gasteiger partial charge on any atom is 0.176 e. The number of ether oxygens (including phenoxy) is 1. The molecule has 0 bridgehead atoms. The first kappa shape index (κ1) is 17.7. The fourth-order valence-electron chi connectivity index (χ4n) is 3.83. The summed E-state index contributed by atoms with van der Waals surface area (Å²) in [5.41, 5.74) is 3.01. The fraction of sp³-hybridized carbons (Fsp3) is 0.364. The number of methoxy groups -OCH3 is 1. The zero-order chi connectivity index (χ0) is 18.6. The van der Waals surface area contributed by atoms with Crippen molar-refractivity contribution in [1.29, 1.82) is 0 Å². The van der Waals surface area contributed by atoms with Crippen molar-refractivity contribution in [2.24, 2.45) is 5.92 Å². The van der Waals surface area contributed by atoms with Crippen LogP contribution in [0.3, 0.4) is 0 Å². The number of ketones is 1. The van der Waals surface area contributed by atoms with Crippen molar-refractivity contribution in [2.45, 2.75) is 19.4 Å². The van der Waals surface area contributed by atoms with E-state index >= 15 is 0 Å². The lowest BCUT2D eigenvalue weighted by Gasteiger charge is -2.31. The summed E-state index contributed by atoms with van der Waals surface area (Å²) >= 11 is 0. The van der Waals surface area contributed by atoms with Crippen molar-refractivity contribution in [3.63, 3.8) is 0 Å². The second kappa shape index (κ2) is 7.92. The Morgan fingerprint density at radius 3 is 2.59 bits per heavy atom. The lowest BCUT2D eigenvalue weighted by atomic mass is 9.96. The third-order valence-electron chi connectivity index (χ3n) is 5.47. The van der Waals surface area contributed by atoms with Crippen molar-refractivity contribution in [3.8, 4) is 5.75 Å². The average Bonchev–Trinajstić information content (AvgIpc) is 3.12. The molecule has 0 radical (unpaired) electrons. The molecule has 4 rings (SSSR count). The number of carbonyl (C=O) groups is 1. The van der Waals surface area contributed by atoms with Gasteiger partial charge in [-0.2, -0.15) is 0 Å². The first-order chi connectivity index (χ1) is 13.2. The van der Waals surface area contributed by atoms with E-state index in [0.29, 0.717) is 12.5 Å². The molecule has 1 fully saturated rings. The highest BCUT2D eigenvalue weighted by atomic mass is 16.5. The highest BCUT2D eigenvalue weighted by Gasteiger charge is 2.22. The number of hydrogen-bond donors (Lipinski definition) is 0. The van der Waals surface area contributed by atoms with Gasteiger partial charge in [0, 0.05) is 12.1 Å². The van der Waals surface area contributed by atoms with E-state index in [0.717, 1.165) is 49.3 Å². The normalized spacial score (nSPS) is 15.9. The SMILES string of the molecule is COc1ccc(C(=O)CN2CCC(Cn3cnc4ccccc43)CC2)cc1. The smallest absolute Gasteiger partial charge is 0.176 e. The van der Waals surface area contributed by atoms with Gasteiger partial charge in [-0.3, -0.25) is 9.69 Å². The van der Waals surface area contributed by atoms with Crippen LogP contribution in [0.25, 0.3) is 11.0 Å². The third-order valence-corrected chi connectivity index (χ3v) is 5.47. The first-order valence-corrected chi connectivity index (χ1v) is 9.52. The van der Waals surface area contributed by atoms with Crippen LogP contribution in [-0.2, 0) is 6.54 Å². The number of hydrogen-bond acceptors (Lipinski definition) is 4. The summed E-state index contributed by atoms with van der Waals surface area (Å²) in [7, 11) is 1.63. The van der Waals surface area contributed by atoms with Gasteiger partial charge in [0.15, 0.2) is 5.78 Å². The summed E-state index contributed by atoms with van der Waals surface area (Å²) < 4.78 is 7.41. The van der Waals surface area contributed by atoms with Gasteiger partial charge < -0.3 is 9.30 Å². The topological polar surface area (TPSA) is 47.4 Å². The van der Waals surface area contributed by atoms with E-state index in [1.807, 2.05) is 36.7 Å². The van der Waals surface area contributed by atoms with Crippen molar-refractivity contribution < 1.29 is 9.53 Å². The monoisotopic (exact) mass is 363 g/mol. The lowest BCUT2D eigenvalue weighted by molar-refractivity contribution is 0.0890. The van der Waals surface area contributed by atoms with Crippen LogP contribution in [0, 0.1) is 5.92 Å². The predicted molar refractivity (Wildman–Crippen MR) is 106 cm³/mol. The summed E-state index contributed by atoms with van der Waals surface area (Å²) in [4.78, 5) is 19.3. The molecule has 1 saturated heterocycles. The van der Waals surface area contributed by atoms with Gasteiger partial charge in [-0.25, -0.2) is 4.98 Å². The van der Waals surface area contributed by atoms with E-state index in [1.54, 1.807) is 7.11 Å². The zero-order valence-corrected chi connectivity index (χ0v) is 15.7. The van der Waals surface area contributed by atoms with Gasteiger partial charge in [0.1, 0.15) is 5.75 Å². The highest BCUT2D eigenvalue weighted by Crippen LogP contribution is 2.22. The quantitative estimate of drug-likeness (QED) is 0.628. The zero-order valence-electron chi connectivity index (χ0n) is 15.7. The molecule has 0 amide bonds. The van der Waals surface area contributed by atoms with E-state index in [9.17, 15) is 4.79 Å². The Kier molecular flexibility index (Phi) is 5.21. The van der Waals surface area contributed by atoms with Crippen LogP contribution in [0.5, 0.6) is 5.75 Å². The maximum atomic E-state index is 12.5. The second-order valence-corrected chi connectivity index (χ2v) is 7.26. The third kappa shape index (κ3) is 4.03. The standard InChI is InChI=1S/C22H25N3O2/c1-27-19-8-6-18(7-9-19)22(26)15-24-12-10-17(11-13-24)14-25-16-23-20-4-2-3-5-21(20)25/h2-9,16-17H,10-15H2,1H3. The van der Waals surface area contributed by atoms with E-state index in [4.69, 9.17) is 4.74 Å². The van der Waals surface area contributed by atoms with Gasteiger partial charge in [-0.05, 0) is 68.2 Å². The van der Waals surface area contributed by atoms with Crippen LogP contribution in [0.4, 0.5) is 0 Å². The van der Waals surface area contributed by atoms with Crippen LogP contribution in [0.1, 0.15) is 23.2 Å². The molecular weight excluding hydrogens is 338 g/mol. The molecule has 2 heterocycles. The number of carbonyl (C=O) groups excluding carboxylic acids is 1. The minimum atomic E-state index is 0.178. The van der Waals surface area contributed by atoms with Crippen LogP contribution in [-0.4, -0.2) is 47.0 Å². The van der Waals surface area contributed by atoms with Crippen LogP contribution < -0.4 is 4.74 Å². The number of para-hydroxylation sites is 2. The molecule has 5 nitrogen and oxygen atoms in total. The van der Waals surface area contributed by atoms with E-state index in [-0.39, 0.29) is 5.78 Å². The molecule has 140 valence electrons. The van der Waals surface area contributed by atoms with Gasteiger partial charge >= 0.3 is 0 Å². The van der Waals surface area contributed by atoms with Gasteiger partial charge in [-0.1, -0.05) is 12.1 Å². The molecule has 0 spiro atoms. The molecule has 2 aromatic carbocycles. The van der Waals surface area contributed by atoms with Crippen LogP contribution in [0.15, 0.2) is 54.9 Å². The molecule has 1 aromatic heterocycles. The predicted octanol–water partition coefficient (Wildman–Crippen LogP) is 3.64. The van der Waals surface area contributed by atoms with Crippen LogP contribution >= 0.6 is 0 Å². The fourth-order valence-corrected chi connectivity index (χ4v) is 3.83. The Balaban J connectivity index is 1.30. The molecule has 3 aromatic rings. The number of rotatable bonds is 6. The summed E-state index contributed by atoms with van der Waals surface area (Å²) in [6.07, 6.45) is 4.18. The molecular formula is C22H25N3O2. The number of imidazole rings is 1. The lowest BCUT2D eigenvalue weighted by Crippen LogP contribution is -2.38. The number of fused-ring (bicyclic) bond motifs is 1. The van der Waals surface area contributed by atoms with Crippen molar-refractivity contribution in [3.05, 3.63) is 60.4 Å². The average molecular weight is 363 g/mol. The molecule has 0 atom stereocenters. The number of Topliss-reactive ketones (excluding diaryl/α,β-unsaturated/α-hetero) is 1. The Bertz CT molecular complexity index is 909. The first-order valence-electron chi connectivity index (χ1n) is 9.52. The Morgan fingerprint density at radius 1 is 1.11 bits per heavy atom. The summed E-state index contributed by atoms with van der Waals surface area (Å²) in [6.45, 7) is 3.44. The van der Waals surface area contributed by atoms with Crippen molar-refractivity contribution in [2.75, 3.05) is 26.7 Å². The van der Waals surface area contributed by atoms with Gasteiger partial charge in [0.25, 0.3) is 0 Å². The summed E-state index contributed by atoms with van der Waals surface area (Å²) in [5, 5.41) is 0. The minimum absolute atomic E-state index is 0.178. The molecule has 27 heavy (non-hydrogen) atoms. The van der Waals surface area contributed by atoms with Gasteiger partial charge in [0.2, 0.25) is 0 Å². The number of likely N-dealkylation sites (tertiary alicyclic amines) is 1. The molecule has 0 N–H and O–H groups in total. The van der Waals surface area contributed by atoms with Gasteiger partial charge in [0.05, 0.1) is 31.0 Å². The molecule has 1 aliphatic heterocycles. The second-order valence-electron chi connectivity index (χ2n) is 7.26. The van der Waals surface area contributed by atoms with Crippen LogP contribution in [0.2, 0.25) is 0 Å². The summed E-state index contributed by atoms with van der Waals surface area (Å²) in [6, 6.07) is 15.6. The largest absolute Gasteiger partial charge is 0.497 e.